The van der Waals surface area contributed by atoms with Gasteiger partial charge in [0, 0.05) is 11.1 Å². The van der Waals surface area contributed by atoms with Crippen LogP contribution in [0.5, 0.6) is 5.75 Å². The summed E-state index contributed by atoms with van der Waals surface area (Å²) in [5.41, 5.74) is 1.85. The number of hydrogen-bond donors (Lipinski definition) is 0. The summed E-state index contributed by atoms with van der Waals surface area (Å²) in [5.74, 6) is 0.879. The number of methoxy groups -OCH3 is 1. The first-order valence-electron chi connectivity index (χ1n) is 6.52. The quantitative estimate of drug-likeness (QED) is 0.817. The van der Waals surface area contributed by atoms with Crippen molar-refractivity contribution < 1.29 is 14.3 Å². The third kappa shape index (κ3) is 1.57. The molecule has 19 heavy (non-hydrogen) atoms. The van der Waals surface area contributed by atoms with Gasteiger partial charge in [0.25, 0.3) is 0 Å². The summed E-state index contributed by atoms with van der Waals surface area (Å²) in [5, 5.41) is 0. The zero-order valence-corrected chi connectivity index (χ0v) is 11.2. The van der Waals surface area contributed by atoms with Gasteiger partial charge in [-0.25, -0.2) is 0 Å². The number of hydrogen-bond acceptors (Lipinski definition) is 3. The molecule has 2 aliphatic rings. The second-order valence-electron chi connectivity index (χ2n) is 5.32. The lowest BCUT2D eigenvalue weighted by atomic mass is 9.76. The molecule has 0 aliphatic heterocycles. The maximum Gasteiger partial charge on any atom is 0.174 e. The van der Waals surface area contributed by atoms with Crippen LogP contribution in [0.2, 0.25) is 0 Å². The van der Waals surface area contributed by atoms with Crippen molar-refractivity contribution in [1.82, 2.24) is 0 Å². The van der Waals surface area contributed by atoms with E-state index in [4.69, 9.17) is 4.74 Å². The van der Waals surface area contributed by atoms with Crippen molar-refractivity contribution in [3.8, 4) is 5.75 Å². The van der Waals surface area contributed by atoms with Crippen LogP contribution in [0, 0.1) is 5.41 Å². The third-order valence-electron chi connectivity index (χ3n) is 4.30. The van der Waals surface area contributed by atoms with E-state index >= 15 is 0 Å². The van der Waals surface area contributed by atoms with Gasteiger partial charge >= 0.3 is 0 Å². The average molecular weight is 256 g/mol. The minimum atomic E-state index is -0.597. The molecule has 3 heteroatoms. The van der Waals surface area contributed by atoms with Crippen LogP contribution in [-0.2, 0) is 11.2 Å². The average Bonchev–Trinajstić information content (AvgIpc) is 2.93. The van der Waals surface area contributed by atoms with Crippen LogP contribution >= 0.6 is 0 Å². The topological polar surface area (TPSA) is 43.4 Å². The Morgan fingerprint density at radius 1 is 1.37 bits per heavy atom. The van der Waals surface area contributed by atoms with E-state index in [0.717, 1.165) is 29.7 Å². The van der Waals surface area contributed by atoms with Crippen molar-refractivity contribution >= 4 is 11.6 Å². The monoisotopic (exact) mass is 256 g/mol. The van der Waals surface area contributed by atoms with Crippen LogP contribution < -0.4 is 4.74 Å². The van der Waals surface area contributed by atoms with Gasteiger partial charge in [0.1, 0.15) is 5.75 Å². The van der Waals surface area contributed by atoms with Gasteiger partial charge in [-0.2, -0.15) is 0 Å². The number of allylic oxidation sites excluding steroid dienone is 2. The van der Waals surface area contributed by atoms with Crippen LogP contribution in [-0.4, -0.2) is 18.7 Å². The summed E-state index contributed by atoms with van der Waals surface area (Å²) < 4.78 is 5.21. The van der Waals surface area contributed by atoms with E-state index in [1.807, 2.05) is 24.3 Å². The van der Waals surface area contributed by atoms with Gasteiger partial charge in [-0.15, -0.1) is 0 Å². The second kappa shape index (κ2) is 4.05. The molecule has 3 rings (SSSR count). The summed E-state index contributed by atoms with van der Waals surface area (Å²) in [7, 11) is 1.62. The molecule has 1 aromatic carbocycles. The Kier molecular flexibility index (Phi) is 2.59. The molecule has 1 atom stereocenters. The molecule has 0 saturated heterocycles. The number of benzene rings is 1. The Labute approximate surface area is 112 Å². The number of Topliss-reactive ketones (excluding diaryl/α,β-unsaturated/α-hetero) is 2. The fraction of sp³-hybridized carbons (Fsp3) is 0.375. The fourth-order valence-corrected chi connectivity index (χ4v) is 3.42. The molecule has 1 aromatic rings. The summed E-state index contributed by atoms with van der Waals surface area (Å²) in [6, 6.07) is 5.54. The first-order valence-corrected chi connectivity index (χ1v) is 6.52. The predicted octanol–water partition coefficient (Wildman–Crippen LogP) is 2.73. The number of ether oxygens (including phenoxy) is 1. The molecule has 0 unspecified atom stereocenters. The highest BCUT2D eigenvalue weighted by molar-refractivity contribution is 6.13. The van der Waals surface area contributed by atoms with Crippen LogP contribution in [0.4, 0.5) is 0 Å². The van der Waals surface area contributed by atoms with Crippen LogP contribution in [0.25, 0.3) is 0 Å². The molecule has 0 amide bonds. The van der Waals surface area contributed by atoms with Crippen LogP contribution in [0.3, 0.4) is 0 Å². The van der Waals surface area contributed by atoms with E-state index in [-0.39, 0.29) is 11.6 Å². The second-order valence-corrected chi connectivity index (χ2v) is 5.32. The van der Waals surface area contributed by atoms with E-state index in [1.54, 1.807) is 14.0 Å². The molecular formula is C16H16O3. The zero-order valence-electron chi connectivity index (χ0n) is 11.2. The van der Waals surface area contributed by atoms with Crippen molar-refractivity contribution in [3.05, 3.63) is 41.0 Å². The van der Waals surface area contributed by atoms with Crippen molar-refractivity contribution in [1.29, 1.82) is 0 Å². The van der Waals surface area contributed by atoms with Crippen molar-refractivity contribution in [2.24, 2.45) is 5.41 Å². The molecule has 0 saturated carbocycles. The summed E-state index contributed by atoms with van der Waals surface area (Å²) in [6.07, 6.45) is 4.12. The van der Waals surface area contributed by atoms with Gasteiger partial charge in [-0.1, -0.05) is 6.08 Å². The molecule has 0 fully saturated rings. The maximum atomic E-state index is 12.7. The molecule has 0 heterocycles. The van der Waals surface area contributed by atoms with Gasteiger partial charge in [-0.05, 0) is 49.9 Å². The fourth-order valence-electron chi connectivity index (χ4n) is 3.42. The summed E-state index contributed by atoms with van der Waals surface area (Å²) in [6.45, 7) is 1.55. The van der Waals surface area contributed by atoms with Crippen LogP contribution in [0.1, 0.15) is 35.7 Å². The van der Waals surface area contributed by atoms with Crippen molar-refractivity contribution in [2.45, 2.75) is 26.2 Å². The standard InChI is InChI=1S/C16H16O3/c1-10(17)14-4-3-7-16(14)9-11-8-12(19-2)5-6-13(11)15(16)18/h4-6,8H,3,7,9H2,1-2H3/t16-/m0/s1. The van der Waals surface area contributed by atoms with Gasteiger partial charge in [0.2, 0.25) is 0 Å². The predicted molar refractivity (Wildman–Crippen MR) is 71.5 cm³/mol. The van der Waals surface area contributed by atoms with Gasteiger partial charge in [-0.3, -0.25) is 9.59 Å². The van der Waals surface area contributed by atoms with Crippen molar-refractivity contribution in [2.75, 3.05) is 7.11 Å². The molecular weight excluding hydrogens is 240 g/mol. The van der Waals surface area contributed by atoms with E-state index in [9.17, 15) is 9.59 Å². The molecule has 98 valence electrons. The lowest BCUT2D eigenvalue weighted by molar-refractivity contribution is -0.114. The first kappa shape index (κ1) is 12.2. The Morgan fingerprint density at radius 3 is 2.84 bits per heavy atom. The Bertz CT molecular complexity index is 612. The van der Waals surface area contributed by atoms with E-state index in [0.29, 0.717) is 12.0 Å². The Balaban J connectivity index is 2.08. The minimum Gasteiger partial charge on any atom is -0.497 e. The molecule has 3 nitrogen and oxygen atoms in total. The highest BCUT2D eigenvalue weighted by Gasteiger charge is 2.50. The number of fused-ring (bicyclic) bond motifs is 1. The van der Waals surface area contributed by atoms with E-state index in [1.165, 1.54) is 0 Å². The van der Waals surface area contributed by atoms with Crippen LogP contribution in [0.15, 0.2) is 29.8 Å². The zero-order chi connectivity index (χ0) is 13.6. The Morgan fingerprint density at radius 2 is 2.16 bits per heavy atom. The lowest BCUT2D eigenvalue weighted by Crippen LogP contribution is -2.30. The maximum absolute atomic E-state index is 12.7. The highest BCUT2D eigenvalue weighted by Crippen LogP contribution is 2.50. The molecule has 0 N–H and O–H groups in total. The molecule has 1 spiro atoms. The van der Waals surface area contributed by atoms with Crippen molar-refractivity contribution in [3.63, 3.8) is 0 Å². The Hall–Kier alpha value is -1.90. The third-order valence-corrected chi connectivity index (χ3v) is 4.30. The molecule has 0 radical (unpaired) electrons. The van der Waals surface area contributed by atoms with Gasteiger partial charge < -0.3 is 4.74 Å². The number of carbonyl (C=O) groups is 2. The normalized spacial score (nSPS) is 24.5. The van der Waals surface area contributed by atoms with E-state index < -0.39 is 5.41 Å². The number of carbonyl (C=O) groups excluding carboxylic acids is 2. The SMILES string of the molecule is COc1ccc2c(c1)C[C@]1(CCC=C1C(C)=O)C2=O. The molecule has 2 aliphatic carbocycles. The van der Waals surface area contributed by atoms with E-state index in [2.05, 4.69) is 0 Å². The van der Waals surface area contributed by atoms with Gasteiger partial charge in [0.05, 0.1) is 12.5 Å². The number of rotatable bonds is 2. The van der Waals surface area contributed by atoms with Gasteiger partial charge in [0.15, 0.2) is 11.6 Å². The number of ketones is 2. The summed E-state index contributed by atoms with van der Waals surface area (Å²) >= 11 is 0. The molecule has 0 aromatic heterocycles. The minimum absolute atomic E-state index is 0.0191. The molecule has 0 bridgehead atoms. The first-order chi connectivity index (χ1) is 9.08. The highest BCUT2D eigenvalue weighted by atomic mass is 16.5. The largest absolute Gasteiger partial charge is 0.497 e. The smallest absolute Gasteiger partial charge is 0.174 e. The lowest BCUT2D eigenvalue weighted by Gasteiger charge is -2.23. The summed E-state index contributed by atoms with van der Waals surface area (Å²) in [4.78, 5) is 24.5.